The first-order valence-electron chi connectivity index (χ1n) is 6.54. The van der Waals surface area contributed by atoms with Gasteiger partial charge >= 0.3 is 0 Å². The number of carbonyl (C=O) groups is 1. The number of para-hydroxylation sites is 1. The van der Waals surface area contributed by atoms with E-state index in [2.05, 4.69) is 5.32 Å². The Bertz CT molecular complexity index is 729. The van der Waals surface area contributed by atoms with Crippen molar-refractivity contribution in [3.05, 3.63) is 45.7 Å². The summed E-state index contributed by atoms with van der Waals surface area (Å²) in [5, 5.41) is 3.43. The average Bonchev–Trinajstić information content (AvgIpc) is 2.77. The quantitative estimate of drug-likeness (QED) is 0.889. The first kappa shape index (κ1) is 12.0. The Hall–Kier alpha value is -2.10. The second-order valence-corrected chi connectivity index (χ2v) is 5.26. The second-order valence-electron chi connectivity index (χ2n) is 5.26. The zero-order chi connectivity index (χ0) is 13.6. The van der Waals surface area contributed by atoms with Crippen LogP contribution in [0.15, 0.2) is 29.2 Å². The number of hydrogen-bond donors (Lipinski definition) is 1. The van der Waals surface area contributed by atoms with Gasteiger partial charge in [0.05, 0.1) is 5.52 Å². The molecule has 0 saturated heterocycles. The van der Waals surface area contributed by atoms with Crippen molar-refractivity contribution in [3.63, 3.8) is 0 Å². The average molecular weight is 256 g/mol. The fourth-order valence-corrected chi connectivity index (χ4v) is 2.66. The largest absolute Gasteiger partial charge is 0.350 e. The van der Waals surface area contributed by atoms with Gasteiger partial charge < -0.3 is 9.88 Å². The summed E-state index contributed by atoms with van der Waals surface area (Å²) >= 11 is 0. The summed E-state index contributed by atoms with van der Waals surface area (Å²) in [4.78, 5) is 24.5. The number of nitrogens with zero attached hydrogens (tertiary/aromatic N) is 1. The van der Waals surface area contributed by atoms with Crippen LogP contribution in [-0.4, -0.2) is 16.5 Å². The maximum absolute atomic E-state index is 12.4. The van der Waals surface area contributed by atoms with Gasteiger partial charge in [0.15, 0.2) is 0 Å². The number of aromatic nitrogens is 1. The third-order valence-electron chi connectivity index (χ3n) is 3.47. The van der Waals surface area contributed by atoms with Crippen LogP contribution in [0.4, 0.5) is 0 Å². The highest BCUT2D eigenvalue weighted by atomic mass is 16.2. The van der Waals surface area contributed by atoms with Crippen LogP contribution in [-0.2, 0) is 13.0 Å². The summed E-state index contributed by atoms with van der Waals surface area (Å²) in [5.74, 6) is -0.289. The van der Waals surface area contributed by atoms with Crippen LogP contribution in [0.2, 0.25) is 0 Å². The number of pyridine rings is 1. The number of hydrogen-bond acceptors (Lipinski definition) is 2. The predicted octanol–water partition coefficient (Wildman–Crippen LogP) is 1.70. The van der Waals surface area contributed by atoms with Gasteiger partial charge in [-0.3, -0.25) is 9.59 Å². The molecule has 2 heterocycles. The molecule has 1 aromatic heterocycles. The van der Waals surface area contributed by atoms with E-state index in [-0.39, 0.29) is 22.9 Å². The molecule has 4 heteroatoms. The van der Waals surface area contributed by atoms with Crippen LogP contribution in [0.3, 0.4) is 0 Å². The Morgan fingerprint density at radius 1 is 1.37 bits per heavy atom. The lowest BCUT2D eigenvalue weighted by molar-refractivity contribution is 0.0941. The van der Waals surface area contributed by atoms with E-state index in [0.717, 1.165) is 18.5 Å². The Labute approximate surface area is 111 Å². The molecular weight excluding hydrogens is 240 g/mol. The number of amides is 1. The Morgan fingerprint density at radius 2 is 2.16 bits per heavy atom. The van der Waals surface area contributed by atoms with Crippen molar-refractivity contribution in [2.75, 3.05) is 0 Å². The highest BCUT2D eigenvalue weighted by Gasteiger charge is 2.20. The molecule has 0 fully saturated rings. The van der Waals surface area contributed by atoms with E-state index in [9.17, 15) is 9.59 Å². The molecule has 0 radical (unpaired) electrons. The number of carbonyl (C=O) groups excluding carboxylic acids is 1. The predicted molar refractivity (Wildman–Crippen MR) is 74.5 cm³/mol. The van der Waals surface area contributed by atoms with Gasteiger partial charge in [-0.15, -0.1) is 0 Å². The summed E-state index contributed by atoms with van der Waals surface area (Å²) in [6.07, 6.45) is 2.62. The van der Waals surface area contributed by atoms with Crippen LogP contribution in [0.1, 0.15) is 29.8 Å². The van der Waals surface area contributed by atoms with Crippen LogP contribution in [0.25, 0.3) is 10.9 Å². The smallest absolute Gasteiger partial charge is 0.256 e. The van der Waals surface area contributed by atoms with Crippen LogP contribution in [0, 0.1) is 0 Å². The van der Waals surface area contributed by atoms with E-state index >= 15 is 0 Å². The molecule has 98 valence electrons. The minimum Gasteiger partial charge on any atom is -0.350 e. The van der Waals surface area contributed by atoms with Gasteiger partial charge in [0.2, 0.25) is 5.43 Å². The highest BCUT2D eigenvalue weighted by Crippen LogP contribution is 2.23. The SMILES string of the molecule is CC(C)NC(=O)c1cn2c3c(cccc3c1=O)CC2. The molecule has 3 rings (SSSR count). The molecule has 1 aliphatic rings. The maximum Gasteiger partial charge on any atom is 0.256 e. The van der Waals surface area contributed by atoms with Crippen LogP contribution < -0.4 is 10.7 Å². The Balaban J connectivity index is 2.23. The summed E-state index contributed by atoms with van der Waals surface area (Å²) in [6, 6.07) is 5.75. The lowest BCUT2D eigenvalue weighted by Crippen LogP contribution is -2.34. The fourth-order valence-electron chi connectivity index (χ4n) is 2.66. The lowest BCUT2D eigenvalue weighted by Gasteiger charge is -2.11. The molecule has 0 bridgehead atoms. The van der Waals surface area contributed by atoms with Gasteiger partial charge in [-0.2, -0.15) is 0 Å². The number of aryl methyl sites for hydroxylation is 2. The Morgan fingerprint density at radius 3 is 2.89 bits per heavy atom. The van der Waals surface area contributed by atoms with Crippen LogP contribution in [0.5, 0.6) is 0 Å². The zero-order valence-corrected chi connectivity index (χ0v) is 11.1. The highest BCUT2D eigenvalue weighted by molar-refractivity contribution is 5.98. The van der Waals surface area contributed by atoms with Gasteiger partial charge in [0, 0.05) is 24.2 Å². The summed E-state index contributed by atoms with van der Waals surface area (Å²) in [5.41, 5.74) is 2.23. The molecule has 19 heavy (non-hydrogen) atoms. The molecule has 0 atom stereocenters. The van der Waals surface area contributed by atoms with Gasteiger partial charge in [0.25, 0.3) is 5.91 Å². The van der Waals surface area contributed by atoms with E-state index in [0.29, 0.717) is 5.39 Å². The molecule has 4 nitrogen and oxygen atoms in total. The summed E-state index contributed by atoms with van der Waals surface area (Å²) in [7, 11) is 0. The maximum atomic E-state index is 12.4. The van der Waals surface area contributed by atoms with Crippen molar-refractivity contribution in [2.45, 2.75) is 32.9 Å². The molecule has 0 unspecified atom stereocenters. The third-order valence-corrected chi connectivity index (χ3v) is 3.47. The monoisotopic (exact) mass is 256 g/mol. The van der Waals surface area contributed by atoms with Gasteiger partial charge in [-0.25, -0.2) is 0 Å². The van der Waals surface area contributed by atoms with Crippen molar-refractivity contribution in [1.82, 2.24) is 9.88 Å². The first-order chi connectivity index (χ1) is 9.08. The molecular formula is C15H16N2O2. The standard InChI is InChI=1S/C15H16N2O2/c1-9(2)16-15(19)12-8-17-7-6-10-4-3-5-11(13(10)17)14(12)18/h3-5,8-9H,6-7H2,1-2H3,(H,16,19). The summed E-state index contributed by atoms with van der Waals surface area (Å²) in [6.45, 7) is 4.60. The van der Waals surface area contributed by atoms with Crippen molar-refractivity contribution in [1.29, 1.82) is 0 Å². The molecule has 2 aromatic rings. The van der Waals surface area contributed by atoms with E-state index in [1.807, 2.05) is 30.5 Å². The number of benzene rings is 1. The van der Waals surface area contributed by atoms with E-state index in [1.165, 1.54) is 5.56 Å². The zero-order valence-electron chi connectivity index (χ0n) is 11.1. The third kappa shape index (κ3) is 1.84. The molecule has 1 aliphatic heterocycles. The number of rotatable bonds is 2. The number of nitrogens with one attached hydrogen (secondary N) is 1. The summed E-state index contributed by atoms with van der Waals surface area (Å²) < 4.78 is 2.02. The minimum absolute atomic E-state index is 0.0208. The molecule has 1 N–H and O–H groups in total. The van der Waals surface area contributed by atoms with E-state index < -0.39 is 0 Å². The Kier molecular flexibility index (Phi) is 2.66. The van der Waals surface area contributed by atoms with Crippen molar-refractivity contribution in [3.8, 4) is 0 Å². The minimum atomic E-state index is -0.289. The molecule has 0 aliphatic carbocycles. The first-order valence-corrected chi connectivity index (χ1v) is 6.54. The van der Waals surface area contributed by atoms with Crippen molar-refractivity contribution >= 4 is 16.8 Å². The topological polar surface area (TPSA) is 51.1 Å². The van der Waals surface area contributed by atoms with Gasteiger partial charge in [-0.05, 0) is 31.9 Å². The van der Waals surface area contributed by atoms with Gasteiger partial charge in [0.1, 0.15) is 5.56 Å². The fraction of sp³-hybridized carbons (Fsp3) is 0.333. The molecule has 1 amide bonds. The van der Waals surface area contributed by atoms with Crippen molar-refractivity contribution < 1.29 is 4.79 Å². The normalized spacial score (nSPS) is 13.2. The molecule has 0 spiro atoms. The molecule has 1 aromatic carbocycles. The van der Waals surface area contributed by atoms with Crippen molar-refractivity contribution in [2.24, 2.45) is 0 Å². The van der Waals surface area contributed by atoms with Crippen LogP contribution >= 0.6 is 0 Å². The second kappa shape index (κ2) is 4.23. The lowest BCUT2D eigenvalue weighted by atomic mass is 10.1. The molecule has 0 saturated carbocycles. The van der Waals surface area contributed by atoms with E-state index in [1.54, 1.807) is 12.3 Å². The van der Waals surface area contributed by atoms with Gasteiger partial charge in [-0.1, -0.05) is 12.1 Å². The van der Waals surface area contributed by atoms with E-state index in [4.69, 9.17) is 0 Å².